The third-order valence-corrected chi connectivity index (χ3v) is 2.83. The van der Waals surface area contributed by atoms with Crippen molar-refractivity contribution in [3.05, 3.63) is 0 Å². The fourth-order valence-corrected chi connectivity index (χ4v) is 1.62. The minimum absolute atomic E-state index is 0.259. The van der Waals surface area contributed by atoms with Crippen LogP contribution in [0.15, 0.2) is 0 Å². The van der Waals surface area contributed by atoms with Gasteiger partial charge < -0.3 is 15.2 Å². The Morgan fingerprint density at radius 1 is 1.50 bits per heavy atom. The maximum Gasteiger partial charge on any atom is 0.407 e. The topological polar surface area (TPSA) is 58.6 Å². The van der Waals surface area contributed by atoms with Crippen LogP contribution in [0.1, 0.15) is 40.5 Å². The van der Waals surface area contributed by atoms with Gasteiger partial charge in [-0.1, -0.05) is 6.92 Å². The van der Waals surface area contributed by atoms with Gasteiger partial charge in [-0.2, -0.15) is 0 Å². The molecule has 0 heterocycles. The predicted molar refractivity (Wildman–Crippen MR) is 62.1 cm³/mol. The van der Waals surface area contributed by atoms with Crippen LogP contribution in [0.2, 0.25) is 0 Å². The lowest BCUT2D eigenvalue weighted by molar-refractivity contribution is 0.0450. The maximum absolute atomic E-state index is 11.3. The number of rotatable bonds is 4. The number of ether oxygens (including phenoxy) is 1. The summed E-state index contributed by atoms with van der Waals surface area (Å²) in [5.41, 5.74) is -0.489. The summed E-state index contributed by atoms with van der Waals surface area (Å²) in [6.45, 7) is 7.74. The Bertz CT molecular complexity index is 243. The van der Waals surface area contributed by atoms with Gasteiger partial charge in [-0.05, 0) is 45.4 Å². The molecule has 1 rings (SSSR count). The molecule has 4 nitrogen and oxygen atoms in total. The molecule has 1 fully saturated rings. The van der Waals surface area contributed by atoms with E-state index in [2.05, 4.69) is 5.32 Å². The third-order valence-electron chi connectivity index (χ3n) is 2.83. The molecule has 0 aromatic rings. The molecule has 0 spiro atoms. The first-order chi connectivity index (χ1) is 7.29. The molecule has 0 bridgehead atoms. The number of carbonyl (C=O) groups excluding carboxylic acids is 1. The number of aliphatic hydroxyl groups is 1. The van der Waals surface area contributed by atoms with E-state index in [1.165, 1.54) is 12.8 Å². The van der Waals surface area contributed by atoms with E-state index in [4.69, 9.17) is 4.74 Å². The number of alkyl carbamates (subject to hydrolysis) is 1. The van der Waals surface area contributed by atoms with Crippen molar-refractivity contribution >= 4 is 6.09 Å². The highest BCUT2D eigenvalue weighted by Crippen LogP contribution is 2.38. The lowest BCUT2D eigenvalue weighted by Gasteiger charge is -2.22. The highest BCUT2D eigenvalue weighted by molar-refractivity contribution is 5.67. The summed E-state index contributed by atoms with van der Waals surface area (Å²) in [7, 11) is 0. The fraction of sp³-hybridized carbons (Fsp3) is 0.917. The Kier molecular flexibility index (Phi) is 4.19. The zero-order valence-corrected chi connectivity index (χ0v) is 10.6. The van der Waals surface area contributed by atoms with Crippen LogP contribution in [0.5, 0.6) is 0 Å². The van der Waals surface area contributed by atoms with Gasteiger partial charge in [0, 0.05) is 6.54 Å². The molecule has 0 aromatic carbocycles. The van der Waals surface area contributed by atoms with Gasteiger partial charge in [-0.15, -0.1) is 0 Å². The molecular weight excluding hydrogens is 206 g/mol. The molecule has 1 aliphatic carbocycles. The second kappa shape index (κ2) is 5.04. The van der Waals surface area contributed by atoms with Gasteiger partial charge >= 0.3 is 6.09 Å². The minimum Gasteiger partial charge on any atom is -0.444 e. The summed E-state index contributed by atoms with van der Waals surface area (Å²) in [6, 6.07) is 0. The summed E-state index contributed by atoms with van der Waals surface area (Å²) in [6.07, 6.45) is 1.46. The van der Waals surface area contributed by atoms with Crippen LogP contribution in [0.3, 0.4) is 0 Å². The number of amides is 1. The smallest absolute Gasteiger partial charge is 0.407 e. The SMILES string of the molecule is C[C@H](C(O)CNC(=O)OC(C)(C)C)C1CC1. The second-order valence-corrected chi connectivity index (χ2v) is 5.65. The lowest BCUT2D eigenvalue weighted by atomic mass is 9.99. The molecule has 0 aliphatic heterocycles. The number of carbonyl (C=O) groups is 1. The predicted octanol–water partition coefficient (Wildman–Crippen LogP) is 1.92. The molecule has 1 saturated carbocycles. The van der Waals surface area contributed by atoms with E-state index in [-0.39, 0.29) is 12.5 Å². The average Bonchev–Trinajstić information content (AvgIpc) is 2.93. The monoisotopic (exact) mass is 229 g/mol. The van der Waals surface area contributed by atoms with Crippen molar-refractivity contribution in [2.45, 2.75) is 52.2 Å². The first kappa shape index (κ1) is 13.3. The van der Waals surface area contributed by atoms with E-state index in [0.29, 0.717) is 5.92 Å². The number of hydrogen-bond acceptors (Lipinski definition) is 3. The summed E-state index contributed by atoms with van der Waals surface area (Å²) in [4.78, 5) is 11.3. The molecule has 1 unspecified atom stereocenters. The molecule has 1 amide bonds. The van der Waals surface area contributed by atoms with Crippen LogP contribution < -0.4 is 5.32 Å². The molecule has 0 aromatic heterocycles. The number of hydrogen-bond donors (Lipinski definition) is 2. The van der Waals surface area contributed by atoms with E-state index < -0.39 is 17.8 Å². The van der Waals surface area contributed by atoms with Crippen LogP contribution in [0, 0.1) is 11.8 Å². The standard InChI is InChI=1S/C12H23NO3/c1-8(9-5-6-9)10(14)7-13-11(15)16-12(2,3)4/h8-10,14H,5-7H2,1-4H3,(H,13,15)/t8-,10?/m0/s1. The summed E-state index contributed by atoms with van der Waals surface area (Å²) >= 11 is 0. The van der Waals surface area contributed by atoms with Gasteiger partial charge in [0.1, 0.15) is 5.60 Å². The highest BCUT2D eigenvalue weighted by atomic mass is 16.6. The van der Waals surface area contributed by atoms with Crippen LogP contribution in [0.25, 0.3) is 0 Å². The number of nitrogens with one attached hydrogen (secondary N) is 1. The Labute approximate surface area is 97.4 Å². The molecule has 0 radical (unpaired) electrons. The van der Waals surface area contributed by atoms with E-state index in [1.54, 1.807) is 0 Å². The van der Waals surface area contributed by atoms with Crippen LogP contribution in [0.4, 0.5) is 4.79 Å². The Morgan fingerprint density at radius 2 is 2.06 bits per heavy atom. The second-order valence-electron chi connectivity index (χ2n) is 5.65. The van der Waals surface area contributed by atoms with E-state index in [0.717, 1.165) is 0 Å². The van der Waals surface area contributed by atoms with Crippen LogP contribution in [-0.4, -0.2) is 29.4 Å². The quantitative estimate of drug-likeness (QED) is 0.774. The van der Waals surface area contributed by atoms with Crippen molar-refractivity contribution in [1.82, 2.24) is 5.32 Å². The maximum atomic E-state index is 11.3. The zero-order chi connectivity index (χ0) is 12.3. The van der Waals surface area contributed by atoms with E-state index >= 15 is 0 Å². The highest BCUT2D eigenvalue weighted by Gasteiger charge is 2.32. The average molecular weight is 229 g/mol. The first-order valence-electron chi connectivity index (χ1n) is 5.94. The van der Waals surface area contributed by atoms with Gasteiger partial charge in [0.25, 0.3) is 0 Å². The Morgan fingerprint density at radius 3 is 2.50 bits per heavy atom. The van der Waals surface area contributed by atoms with Crippen LogP contribution >= 0.6 is 0 Å². The summed E-state index contributed by atoms with van der Waals surface area (Å²) in [5.74, 6) is 0.894. The molecule has 94 valence electrons. The van der Waals surface area contributed by atoms with Crippen molar-refractivity contribution in [2.24, 2.45) is 11.8 Å². The molecule has 1 aliphatic rings. The van der Waals surface area contributed by atoms with Gasteiger partial charge in [0.2, 0.25) is 0 Å². The number of aliphatic hydroxyl groups excluding tert-OH is 1. The van der Waals surface area contributed by atoms with Crippen molar-refractivity contribution in [3.63, 3.8) is 0 Å². The molecular formula is C12H23NO3. The molecule has 2 N–H and O–H groups in total. The minimum atomic E-state index is -0.489. The first-order valence-corrected chi connectivity index (χ1v) is 5.94. The Balaban J connectivity index is 2.20. The molecule has 16 heavy (non-hydrogen) atoms. The van der Waals surface area contributed by atoms with Gasteiger partial charge in [-0.25, -0.2) is 4.79 Å². The van der Waals surface area contributed by atoms with Crippen LogP contribution in [-0.2, 0) is 4.74 Å². The molecule has 2 atom stereocenters. The normalized spacial score (nSPS) is 20.1. The van der Waals surface area contributed by atoms with Crippen molar-refractivity contribution in [2.75, 3.05) is 6.54 Å². The van der Waals surface area contributed by atoms with Crippen molar-refractivity contribution < 1.29 is 14.6 Å². The lowest BCUT2D eigenvalue weighted by Crippen LogP contribution is -2.39. The third kappa shape index (κ3) is 4.84. The van der Waals surface area contributed by atoms with Crippen molar-refractivity contribution in [3.8, 4) is 0 Å². The molecule has 0 saturated heterocycles. The van der Waals surface area contributed by atoms with Gasteiger partial charge in [0.15, 0.2) is 0 Å². The Hall–Kier alpha value is -0.770. The summed E-state index contributed by atoms with van der Waals surface area (Å²) in [5, 5.41) is 12.4. The fourth-order valence-electron chi connectivity index (χ4n) is 1.62. The van der Waals surface area contributed by atoms with Gasteiger partial charge in [0.05, 0.1) is 6.10 Å². The van der Waals surface area contributed by atoms with Crippen molar-refractivity contribution in [1.29, 1.82) is 0 Å². The molecule has 4 heteroatoms. The largest absolute Gasteiger partial charge is 0.444 e. The summed E-state index contributed by atoms with van der Waals surface area (Å²) < 4.78 is 5.08. The van der Waals surface area contributed by atoms with E-state index in [9.17, 15) is 9.90 Å². The zero-order valence-electron chi connectivity index (χ0n) is 10.6. The van der Waals surface area contributed by atoms with Gasteiger partial charge in [-0.3, -0.25) is 0 Å². The van der Waals surface area contributed by atoms with E-state index in [1.807, 2.05) is 27.7 Å².